The molecule has 1 heterocycles. The monoisotopic (exact) mass is 562 g/mol. The van der Waals surface area contributed by atoms with Gasteiger partial charge in [-0.3, -0.25) is 19.7 Å². The van der Waals surface area contributed by atoms with Crippen LogP contribution in [0.5, 0.6) is 11.5 Å². The number of fused-ring (bicyclic) bond motifs is 1. The highest BCUT2D eigenvalue weighted by Gasteiger charge is 2.23. The maximum Gasteiger partial charge on any atom is 0.313 e. The molecule has 0 bridgehead atoms. The number of hydrogen-bond acceptors (Lipinski definition) is 8. The first-order valence-electron chi connectivity index (χ1n) is 12.5. The highest BCUT2D eigenvalue weighted by Crippen LogP contribution is 2.36. The molecule has 0 aliphatic rings. The summed E-state index contributed by atoms with van der Waals surface area (Å²) < 4.78 is 12.1. The highest BCUT2D eigenvalue weighted by molar-refractivity contribution is 6.31. The molecule has 0 spiro atoms. The highest BCUT2D eigenvalue weighted by atomic mass is 35.5. The Labute approximate surface area is 235 Å². The number of rotatable bonds is 8. The summed E-state index contributed by atoms with van der Waals surface area (Å²) in [5.74, 6) is 0.00959. The summed E-state index contributed by atoms with van der Waals surface area (Å²) in [5, 5.41) is 16.4. The third kappa shape index (κ3) is 5.72. The summed E-state index contributed by atoms with van der Waals surface area (Å²) in [5.41, 5.74) is 1.93. The zero-order chi connectivity index (χ0) is 29.1. The lowest BCUT2D eigenvalue weighted by molar-refractivity contribution is -0.385. The molecular weight excluding hydrogens is 536 g/mol. The Morgan fingerprint density at radius 3 is 2.60 bits per heavy atom. The summed E-state index contributed by atoms with van der Waals surface area (Å²) in [6, 6.07) is 13.1. The maximum absolute atomic E-state index is 13.7. The van der Waals surface area contributed by atoms with Gasteiger partial charge in [0.05, 0.1) is 28.6 Å². The first kappa shape index (κ1) is 28.4. The third-order valence-electron chi connectivity index (χ3n) is 6.09. The average Bonchev–Trinajstić information content (AvgIpc) is 2.89. The van der Waals surface area contributed by atoms with E-state index in [2.05, 4.69) is 5.10 Å². The average molecular weight is 563 g/mol. The number of carbonyl (C=O) groups is 1. The summed E-state index contributed by atoms with van der Waals surface area (Å²) in [4.78, 5) is 41.2. The van der Waals surface area contributed by atoms with Gasteiger partial charge in [-0.2, -0.15) is 9.78 Å². The van der Waals surface area contributed by atoms with Crippen LogP contribution in [0.1, 0.15) is 50.3 Å². The van der Waals surface area contributed by atoms with Gasteiger partial charge in [0.15, 0.2) is 5.82 Å². The minimum absolute atomic E-state index is 0.0252. The van der Waals surface area contributed by atoms with Crippen LogP contribution in [-0.4, -0.2) is 33.4 Å². The van der Waals surface area contributed by atoms with Gasteiger partial charge >= 0.3 is 11.7 Å². The molecule has 0 atom stereocenters. The number of carbonyl (C=O) groups excluding carboxylic acids is 1. The van der Waals surface area contributed by atoms with Crippen LogP contribution in [0, 0.1) is 17.0 Å². The van der Waals surface area contributed by atoms with Crippen LogP contribution < -0.4 is 15.0 Å². The fourth-order valence-electron chi connectivity index (χ4n) is 4.28. The summed E-state index contributed by atoms with van der Waals surface area (Å²) in [6.07, 6.45) is 1.19. The number of nitro benzene ring substituents is 1. The molecule has 3 aromatic carbocycles. The van der Waals surface area contributed by atoms with Crippen LogP contribution in [0.2, 0.25) is 5.02 Å². The maximum atomic E-state index is 13.7. The van der Waals surface area contributed by atoms with E-state index in [0.29, 0.717) is 23.1 Å². The zero-order valence-electron chi connectivity index (χ0n) is 22.6. The summed E-state index contributed by atoms with van der Waals surface area (Å²) >= 11 is 6.13. The minimum atomic E-state index is -0.767. The fraction of sp³-hybridized carbons (Fsp3) is 0.241. The van der Waals surface area contributed by atoms with Crippen molar-refractivity contribution in [3.63, 3.8) is 0 Å². The molecule has 0 aliphatic heterocycles. The molecule has 0 unspecified atom stereocenters. The molecule has 11 heteroatoms. The van der Waals surface area contributed by atoms with Gasteiger partial charge in [-0.1, -0.05) is 37.6 Å². The number of para-hydroxylation sites is 1. The van der Waals surface area contributed by atoms with E-state index in [1.54, 1.807) is 24.3 Å². The Kier molecular flexibility index (Phi) is 8.29. The number of aryl methyl sites for hydroxylation is 1. The summed E-state index contributed by atoms with van der Waals surface area (Å²) in [6.45, 7) is 9.50. The van der Waals surface area contributed by atoms with Crippen molar-refractivity contribution in [3.8, 4) is 22.9 Å². The Bertz CT molecular complexity index is 1730. The number of hydrogen-bond donors (Lipinski definition) is 0. The number of benzene rings is 3. The minimum Gasteiger partial charge on any atom is -0.494 e. The van der Waals surface area contributed by atoms with Crippen LogP contribution in [0.15, 0.2) is 58.4 Å². The lowest BCUT2D eigenvalue weighted by Gasteiger charge is -2.18. The molecule has 40 heavy (non-hydrogen) atoms. The standard InChI is InChI=1S/C29H27ClN4O6/c1-6-39-26-11-17(4)23(14-22(26)16(2)3)28-32-24-10-8-7-9-21(24)29(36)33(28)31-15-19-12-20(30)13-25(34(37)38)27(19)40-18(5)35/h7-16H,6H2,1-5H3. The molecule has 0 radical (unpaired) electrons. The van der Waals surface area contributed by atoms with Gasteiger partial charge in [0.1, 0.15) is 5.75 Å². The van der Waals surface area contributed by atoms with Gasteiger partial charge in [0, 0.05) is 29.1 Å². The second-order valence-corrected chi connectivity index (χ2v) is 9.74. The predicted molar refractivity (Wildman–Crippen MR) is 154 cm³/mol. The molecule has 0 saturated heterocycles. The quantitative estimate of drug-likeness (QED) is 0.0815. The topological polar surface area (TPSA) is 126 Å². The second kappa shape index (κ2) is 11.7. The van der Waals surface area contributed by atoms with Crippen molar-refractivity contribution in [2.45, 2.75) is 40.5 Å². The van der Waals surface area contributed by atoms with Crippen LogP contribution in [-0.2, 0) is 4.79 Å². The van der Waals surface area contributed by atoms with Crippen molar-refractivity contribution in [1.82, 2.24) is 9.66 Å². The number of esters is 1. The Hall–Kier alpha value is -4.57. The van der Waals surface area contributed by atoms with Crippen molar-refractivity contribution in [2.24, 2.45) is 5.10 Å². The molecule has 10 nitrogen and oxygen atoms in total. The Morgan fingerprint density at radius 2 is 1.95 bits per heavy atom. The smallest absolute Gasteiger partial charge is 0.313 e. The van der Waals surface area contributed by atoms with E-state index in [4.69, 9.17) is 26.1 Å². The number of aromatic nitrogens is 2. The molecule has 206 valence electrons. The summed E-state index contributed by atoms with van der Waals surface area (Å²) in [7, 11) is 0. The first-order chi connectivity index (χ1) is 19.0. The lowest BCUT2D eigenvalue weighted by Crippen LogP contribution is -2.21. The van der Waals surface area contributed by atoms with Gasteiger partial charge < -0.3 is 9.47 Å². The number of halogens is 1. The van der Waals surface area contributed by atoms with E-state index in [1.807, 2.05) is 39.8 Å². The van der Waals surface area contributed by atoms with Gasteiger partial charge in [-0.25, -0.2) is 4.98 Å². The molecule has 0 saturated carbocycles. The van der Waals surface area contributed by atoms with Crippen molar-refractivity contribution in [1.29, 1.82) is 0 Å². The molecule has 1 aromatic heterocycles. The van der Waals surface area contributed by atoms with Crippen LogP contribution in [0.25, 0.3) is 22.3 Å². The van der Waals surface area contributed by atoms with Crippen molar-refractivity contribution in [2.75, 3.05) is 6.61 Å². The van der Waals surface area contributed by atoms with Crippen LogP contribution in [0.4, 0.5) is 5.69 Å². The Morgan fingerprint density at radius 1 is 1.23 bits per heavy atom. The van der Waals surface area contributed by atoms with E-state index in [-0.39, 0.29) is 28.1 Å². The van der Waals surface area contributed by atoms with E-state index in [0.717, 1.165) is 34.5 Å². The van der Waals surface area contributed by atoms with Crippen molar-refractivity contribution in [3.05, 3.63) is 90.7 Å². The van der Waals surface area contributed by atoms with E-state index >= 15 is 0 Å². The van der Waals surface area contributed by atoms with Crippen LogP contribution >= 0.6 is 11.6 Å². The van der Waals surface area contributed by atoms with Gasteiger partial charge in [0.2, 0.25) is 5.75 Å². The van der Waals surface area contributed by atoms with E-state index < -0.39 is 22.1 Å². The molecule has 4 rings (SSSR count). The largest absolute Gasteiger partial charge is 0.494 e. The molecule has 0 amide bonds. The molecule has 0 aliphatic carbocycles. The number of nitro groups is 1. The van der Waals surface area contributed by atoms with E-state index in [9.17, 15) is 19.7 Å². The SMILES string of the molecule is CCOc1cc(C)c(-c2nc3ccccc3c(=O)n2N=Cc2cc(Cl)cc([N+](=O)[O-])c2OC(C)=O)cc1C(C)C. The molecule has 4 aromatic rings. The third-order valence-corrected chi connectivity index (χ3v) is 6.31. The Balaban J connectivity index is 2.01. The van der Waals surface area contributed by atoms with Crippen molar-refractivity contribution < 1.29 is 19.2 Å². The fourth-order valence-corrected chi connectivity index (χ4v) is 4.50. The lowest BCUT2D eigenvalue weighted by atomic mass is 9.96. The van der Waals surface area contributed by atoms with Gasteiger partial charge in [0.25, 0.3) is 5.56 Å². The molecule has 0 fully saturated rings. The normalized spacial score (nSPS) is 11.4. The number of nitrogens with zero attached hydrogens (tertiary/aromatic N) is 4. The number of ether oxygens (including phenoxy) is 2. The second-order valence-electron chi connectivity index (χ2n) is 9.30. The zero-order valence-corrected chi connectivity index (χ0v) is 23.4. The van der Waals surface area contributed by atoms with E-state index in [1.165, 1.54) is 12.3 Å². The first-order valence-corrected chi connectivity index (χ1v) is 12.9. The van der Waals surface area contributed by atoms with Crippen LogP contribution in [0.3, 0.4) is 0 Å². The van der Waals surface area contributed by atoms with Gasteiger partial charge in [-0.05, 0) is 61.2 Å². The molecular formula is C29H27ClN4O6. The molecule has 0 N–H and O–H groups in total. The predicted octanol–water partition coefficient (Wildman–Crippen LogP) is 6.26. The van der Waals surface area contributed by atoms with Crippen molar-refractivity contribution >= 4 is 40.4 Å². The van der Waals surface area contributed by atoms with Gasteiger partial charge in [-0.15, -0.1) is 0 Å².